The normalized spacial score (nSPS) is 12.7. The van der Waals surface area contributed by atoms with Crippen LogP contribution in [-0.2, 0) is 30.6 Å². The molecule has 0 atom stereocenters. The first kappa shape index (κ1) is 24.0. The zero-order valence-electron chi connectivity index (χ0n) is 18.0. The van der Waals surface area contributed by atoms with E-state index in [9.17, 15) is 4.79 Å². The zero-order valence-corrected chi connectivity index (χ0v) is 19.5. The Labute approximate surface area is 198 Å². The highest BCUT2D eigenvalue weighted by Crippen LogP contribution is 2.31. The number of thiophene rings is 1. The minimum absolute atomic E-state index is 0.0324. The number of hydrogen-bond donors (Lipinski definition) is 3. The van der Waals surface area contributed by atoms with Gasteiger partial charge in [-0.05, 0) is 78.7 Å². The molecule has 7 heteroatoms. The molecule has 1 aliphatic rings. The molecule has 168 valence electrons. The summed E-state index contributed by atoms with van der Waals surface area (Å²) < 4.78 is 0. The maximum absolute atomic E-state index is 12.4. The first-order valence-corrected chi connectivity index (χ1v) is 11.9. The molecule has 32 heavy (non-hydrogen) atoms. The second kappa shape index (κ2) is 12.4. The monoisotopic (exact) mass is 469 g/mol. The Balaban J connectivity index is 0.00000141. The lowest BCUT2D eigenvalue weighted by Gasteiger charge is -2.16. The quantitative estimate of drug-likeness (QED) is 0.477. The molecule has 0 fully saturated rings. The summed E-state index contributed by atoms with van der Waals surface area (Å²) in [6.07, 6.45) is 2.86. The lowest BCUT2D eigenvalue weighted by molar-refractivity contribution is -0.0980. The third-order valence-electron chi connectivity index (χ3n) is 5.40. The Kier molecular flexibility index (Phi) is 9.28. The van der Waals surface area contributed by atoms with Crippen LogP contribution in [0.4, 0.5) is 5.69 Å². The van der Waals surface area contributed by atoms with Crippen LogP contribution in [0.15, 0.2) is 53.9 Å². The van der Waals surface area contributed by atoms with Gasteiger partial charge in [0.15, 0.2) is 0 Å². The van der Waals surface area contributed by atoms with Crippen LogP contribution in [0, 0.1) is 0 Å². The van der Waals surface area contributed by atoms with Crippen molar-refractivity contribution in [1.29, 1.82) is 0 Å². The lowest BCUT2D eigenvalue weighted by atomic mass is 10.0. The van der Waals surface area contributed by atoms with Crippen LogP contribution in [0.25, 0.3) is 0 Å². The van der Waals surface area contributed by atoms with Crippen molar-refractivity contribution in [3.8, 4) is 0 Å². The largest absolute Gasteiger partial charge is 0.380 e. The number of rotatable bonds is 7. The van der Waals surface area contributed by atoms with Gasteiger partial charge in [0.1, 0.15) is 6.79 Å². The average molecular weight is 470 g/mol. The lowest BCUT2D eigenvalue weighted by Crippen LogP contribution is -2.25. The molecular formula is C25H28ClN3O2S. The third kappa shape index (κ3) is 6.42. The summed E-state index contributed by atoms with van der Waals surface area (Å²) in [7, 11) is 0. The summed E-state index contributed by atoms with van der Waals surface area (Å²) in [6.45, 7) is 5.29. The smallest absolute Gasteiger partial charge is 0.251 e. The van der Waals surface area contributed by atoms with Crippen molar-refractivity contribution in [3.05, 3.63) is 86.1 Å². The van der Waals surface area contributed by atoms with E-state index in [0.29, 0.717) is 18.7 Å². The standard InChI is InChI=1S/C24H26ClN3OS.CH2O/c25-22-8-7-18-9-12-26-13-11-21(18)23(22)28-16-17-3-5-19(6-4-17)24(29)27-14-10-20-2-1-15-30-20;1-2/h1-8,15,26,28H,9-14,16H2,(H,27,29);1H2. The Bertz CT molecular complexity index is 1010. The molecule has 2 aromatic carbocycles. The molecule has 0 saturated heterocycles. The summed E-state index contributed by atoms with van der Waals surface area (Å²) in [4.78, 5) is 21.6. The van der Waals surface area contributed by atoms with Gasteiger partial charge in [-0.3, -0.25) is 4.79 Å². The van der Waals surface area contributed by atoms with Crippen molar-refractivity contribution in [3.63, 3.8) is 0 Å². The van der Waals surface area contributed by atoms with Crippen LogP contribution < -0.4 is 16.0 Å². The Morgan fingerprint density at radius 2 is 1.84 bits per heavy atom. The molecule has 3 aromatic rings. The van der Waals surface area contributed by atoms with Crippen molar-refractivity contribution < 1.29 is 9.59 Å². The average Bonchev–Trinajstić information content (AvgIpc) is 3.23. The van der Waals surface area contributed by atoms with Crippen LogP contribution in [-0.4, -0.2) is 32.3 Å². The van der Waals surface area contributed by atoms with E-state index in [1.807, 2.05) is 43.2 Å². The highest BCUT2D eigenvalue weighted by Gasteiger charge is 2.14. The molecule has 3 N–H and O–H groups in total. The first-order chi connectivity index (χ1) is 15.7. The van der Waals surface area contributed by atoms with Gasteiger partial charge in [-0.1, -0.05) is 35.9 Å². The van der Waals surface area contributed by atoms with Crippen LogP contribution >= 0.6 is 22.9 Å². The van der Waals surface area contributed by atoms with Crippen LogP contribution in [0.3, 0.4) is 0 Å². The van der Waals surface area contributed by atoms with Crippen LogP contribution in [0.1, 0.15) is 31.9 Å². The third-order valence-corrected chi connectivity index (χ3v) is 6.66. The number of anilines is 1. The van der Waals surface area contributed by atoms with Crippen molar-refractivity contribution in [2.24, 2.45) is 0 Å². The second-order valence-corrected chi connectivity index (χ2v) is 8.89. The summed E-state index contributed by atoms with van der Waals surface area (Å²) in [5, 5.41) is 12.8. The van der Waals surface area contributed by atoms with Gasteiger partial charge in [0.05, 0.1) is 10.7 Å². The molecule has 0 aliphatic carbocycles. The molecule has 0 spiro atoms. The van der Waals surface area contributed by atoms with Gasteiger partial charge in [0, 0.05) is 23.5 Å². The molecule has 1 aliphatic heterocycles. The minimum atomic E-state index is -0.0324. The number of halogens is 1. The minimum Gasteiger partial charge on any atom is -0.380 e. The van der Waals surface area contributed by atoms with E-state index in [-0.39, 0.29) is 5.91 Å². The molecule has 0 radical (unpaired) electrons. The Morgan fingerprint density at radius 3 is 2.59 bits per heavy atom. The molecule has 1 aromatic heterocycles. The molecular weight excluding hydrogens is 442 g/mol. The van der Waals surface area contributed by atoms with Crippen LogP contribution in [0.2, 0.25) is 5.02 Å². The van der Waals surface area contributed by atoms with E-state index in [1.54, 1.807) is 11.3 Å². The summed E-state index contributed by atoms with van der Waals surface area (Å²) in [5.74, 6) is -0.0324. The summed E-state index contributed by atoms with van der Waals surface area (Å²) >= 11 is 8.21. The van der Waals surface area contributed by atoms with Gasteiger partial charge in [0.25, 0.3) is 5.91 Å². The molecule has 0 bridgehead atoms. The van der Waals surface area contributed by atoms with E-state index in [0.717, 1.165) is 48.6 Å². The number of amides is 1. The van der Waals surface area contributed by atoms with Gasteiger partial charge in [-0.15, -0.1) is 11.3 Å². The molecule has 4 rings (SSSR count). The number of benzene rings is 2. The zero-order chi connectivity index (χ0) is 22.8. The summed E-state index contributed by atoms with van der Waals surface area (Å²) in [5.41, 5.74) is 5.51. The predicted octanol–water partition coefficient (Wildman–Crippen LogP) is 4.49. The van der Waals surface area contributed by atoms with E-state index in [2.05, 4.69) is 33.5 Å². The Hall–Kier alpha value is -2.67. The molecule has 5 nitrogen and oxygen atoms in total. The predicted molar refractivity (Wildman–Crippen MR) is 133 cm³/mol. The molecule has 1 amide bonds. The van der Waals surface area contributed by atoms with E-state index >= 15 is 0 Å². The molecule has 2 heterocycles. The molecule has 0 saturated carbocycles. The number of fused-ring (bicyclic) bond motifs is 1. The fourth-order valence-electron chi connectivity index (χ4n) is 3.76. The van der Waals surface area contributed by atoms with Gasteiger partial charge in [0.2, 0.25) is 0 Å². The fourth-order valence-corrected chi connectivity index (χ4v) is 4.71. The van der Waals surface area contributed by atoms with Gasteiger partial charge >= 0.3 is 0 Å². The van der Waals surface area contributed by atoms with Crippen LogP contribution in [0.5, 0.6) is 0 Å². The maximum Gasteiger partial charge on any atom is 0.251 e. The molecule has 0 unspecified atom stereocenters. The van der Waals surface area contributed by atoms with E-state index < -0.39 is 0 Å². The van der Waals surface area contributed by atoms with E-state index in [4.69, 9.17) is 16.4 Å². The first-order valence-electron chi connectivity index (χ1n) is 10.6. The van der Waals surface area contributed by atoms with E-state index in [1.165, 1.54) is 16.0 Å². The number of hydrogen-bond acceptors (Lipinski definition) is 5. The Morgan fingerprint density at radius 1 is 1.06 bits per heavy atom. The highest BCUT2D eigenvalue weighted by molar-refractivity contribution is 7.09. The SMILES string of the molecule is C=O.O=C(NCCc1cccs1)c1ccc(CNc2c(Cl)ccc3c2CCNCC3)cc1. The van der Waals surface area contributed by atoms with Crippen molar-refractivity contribution in [2.45, 2.75) is 25.8 Å². The van der Waals surface area contributed by atoms with Gasteiger partial charge in [-0.2, -0.15) is 0 Å². The number of nitrogens with one attached hydrogen (secondary N) is 3. The summed E-state index contributed by atoms with van der Waals surface area (Å²) in [6, 6.07) is 16.0. The van der Waals surface area contributed by atoms with Crippen molar-refractivity contribution in [1.82, 2.24) is 10.6 Å². The van der Waals surface area contributed by atoms with Gasteiger partial charge in [-0.25, -0.2) is 0 Å². The van der Waals surface area contributed by atoms with Crippen molar-refractivity contribution >= 4 is 41.3 Å². The fraction of sp³-hybridized carbons (Fsp3) is 0.280. The number of carbonyl (C=O) groups is 2. The maximum atomic E-state index is 12.4. The van der Waals surface area contributed by atoms with Crippen molar-refractivity contribution in [2.75, 3.05) is 25.0 Å². The van der Waals surface area contributed by atoms with Gasteiger partial charge < -0.3 is 20.7 Å². The number of carbonyl (C=O) groups excluding carboxylic acids is 2. The second-order valence-electron chi connectivity index (χ2n) is 7.45. The topological polar surface area (TPSA) is 70.2 Å². The highest BCUT2D eigenvalue weighted by atomic mass is 35.5.